The first-order valence-electron chi connectivity index (χ1n) is 5.94. The van der Waals surface area contributed by atoms with Crippen LogP contribution in [0.15, 0.2) is 18.2 Å². The number of nitrogens with zero attached hydrogens (tertiary/aromatic N) is 2. The molecule has 0 radical (unpaired) electrons. The van der Waals surface area contributed by atoms with Crippen molar-refractivity contribution in [2.45, 2.75) is 40.0 Å². The first-order valence-corrected chi connectivity index (χ1v) is 5.94. The van der Waals surface area contributed by atoms with Crippen molar-refractivity contribution < 1.29 is 0 Å². The fourth-order valence-corrected chi connectivity index (χ4v) is 1.87. The molecule has 0 saturated carbocycles. The number of unbranched alkanes of at least 4 members (excludes halogenated alkanes) is 1. The summed E-state index contributed by atoms with van der Waals surface area (Å²) in [4.78, 5) is 9.32. The molecule has 0 aliphatic rings. The lowest BCUT2D eigenvalue weighted by Crippen LogP contribution is -1.98. The van der Waals surface area contributed by atoms with Gasteiger partial charge in [-0.15, -0.1) is 0 Å². The SMILES string of the molecule is CCCCc1nc2cc(C)ccc2nc1C. The summed E-state index contributed by atoms with van der Waals surface area (Å²) in [7, 11) is 0. The number of aryl methyl sites for hydroxylation is 3. The molecule has 0 aliphatic heterocycles. The summed E-state index contributed by atoms with van der Waals surface area (Å²) >= 11 is 0. The quantitative estimate of drug-likeness (QED) is 0.780. The maximum absolute atomic E-state index is 4.71. The maximum Gasteiger partial charge on any atom is 0.0893 e. The van der Waals surface area contributed by atoms with Gasteiger partial charge in [0.1, 0.15) is 0 Å². The molecule has 84 valence electrons. The first-order chi connectivity index (χ1) is 7.70. The van der Waals surface area contributed by atoms with Gasteiger partial charge >= 0.3 is 0 Å². The maximum atomic E-state index is 4.71. The number of hydrogen-bond donors (Lipinski definition) is 0. The highest BCUT2D eigenvalue weighted by molar-refractivity contribution is 5.75. The Balaban J connectivity index is 2.46. The second-order valence-electron chi connectivity index (χ2n) is 4.35. The summed E-state index contributed by atoms with van der Waals surface area (Å²) < 4.78 is 0. The molecule has 0 fully saturated rings. The van der Waals surface area contributed by atoms with Crippen molar-refractivity contribution in [2.24, 2.45) is 0 Å². The van der Waals surface area contributed by atoms with Gasteiger partial charge in [0, 0.05) is 0 Å². The average molecular weight is 214 g/mol. The summed E-state index contributed by atoms with van der Waals surface area (Å²) in [5.41, 5.74) is 5.50. The Morgan fingerprint density at radius 3 is 2.62 bits per heavy atom. The van der Waals surface area contributed by atoms with E-state index in [0.29, 0.717) is 0 Å². The number of fused-ring (bicyclic) bond motifs is 1. The predicted molar refractivity (Wildman–Crippen MR) is 67.6 cm³/mol. The minimum Gasteiger partial charge on any atom is -0.250 e. The van der Waals surface area contributed by atoms with Crippen molar-refractivity contribution >= 4 is 11.0 Å². The van der Waals surface area contributed by atoms with Gasteiger partial charge in [0.05, 0.1) is 22.4 Å². The largest absolute Gasteiger partial charge is 0.250 e. The molecular formula is C14H18N2. The van der Waals surface area contributed by atoms with Gasteiger partial charge in [-0.2, -0.15) is 0 Å². The summed E-state index contributed by atoms with van der Waals surface area (Å²) in [6.07, 6.45) is 3.43. The first kappa shape index (κ1) is 11.1. The lowest BCUT2D eigenvalue weighted by atomic mass is 10.1. The third-order valence-electron chi connectivity index (χ3n) is 2.86. The van der Waals surface area contributed by atoms with Gasteiger partial charge in [0.15, 0.2) is 0 Å². The van der Waals surface area contributed by atoms with E-state index in [1.807, 2.05) is 6.07 Å². The van der Waals surface area contributed by atoms with Gasteiger partial charge in [-0.05, 0) is 44.4 Å². The van der Waals surface area contributed by atoms with Gasteiger partial charge in [0.2, 0.25) is 0 Å². The Hall–Kier alpha value is -1.44. The number of aromatic nitrogens is 2. The van der Waals surface area contributed by atoms with E-state index < -0.39 is 0 Å². The van der Waals surface area contributed by atoms with Crippen molar-refractivity contribution in [2.75, 3.05) is 0 Å². The number of hydrogen-bond acceptors (Lipinski definition) is 2. The molecule has 2 aromatic rings. The van der Waals surface area contributed by atoms with Crippen LogP contribution in [-0.4, -0.2) is 9.97 Å². The molecule has 0 saturated heterocycles. The monoisotopic (exact) mass is 214 g/mol. The Bertz CT molecular complexity index is 503. The van der Waals surface area contributed by atoms with Crippen LogP contribution in [0, 0.1) is 13.8 Å². The molecule has 16 heavy (non-hydrogen) atoms. The zero-order chi connectivity index (χ0) is 11.5. The third-order valence-corrected chi connectivity index (χ3v) is 2.86. The zero-order valence-corrected chi connectivity index (χ0v) is 10.2. The van der Waals surface area contributed by atoms with Crippen molar-refractivity contribution in [3.05, 3.63) is 35.2 Å². The van der Waals surface area contributed by atoms with E-state index >= 15 is 0 Å². The van der Waals surface area contributed by atoms with Gasteiger partial charge in [-0.1, -0.05) is 19.4 Å². The van der Waals surface area contributed by atoms with E-state index in [9.17, 15) is 0 Å². The van der Waals surface area contributed by atoms with Crippen LogP contribution in [0.1, 0.15) is 36.7 Å². The van der Waals surface area contributed by atoms with Crippen LogP contribution >= 0.6 is 0 Å². The van der Waals surface area contributed by atoms with E-state index in [2.05, 4.69) is 37.9 Å². The summed E-state index contributed by atoms with van der Waals surface area (Å²) in [6, 6.07) is 6.24. The fraction of sp³-hybridized carbons (Fsp3) is 0.429. The highest BCUT2D eigenvalue weighted by Gasteiger charge is 2.04. The average Bonchev–Trinajstić information content (AvgIpc) is 2.27. The molecule has 1 aromatic heterocycles. The van der Waals surface area contributed by atoms with Crippen LogP contribution in [0.3, 0.4) is 0 Å². The summed E-state index contributed by atoms with van der Waals surface area (Å²) in [5.74, 6) is 0. The van der Waals surface area contributed by atoms with Gasteiger partial charge in [0.25, 0.3) is 0 Å². The predicted octanol–water partition coefficient (Wildman–Crippen LogP) is 3.59. The van der Waals surface area contributed by atoms with Crippen molar-refractivity contribution in [1.82, 2.24) is 9.97 Å². The second kappa shape index (κ2) is 4.60. The van der Waals surface area contributed by atoms with Gasteiger partial charge < -0.3 is 0 Å². The van der Waals surface area contributed by atoms with Crippen LogP contribution in [0.5, 0.6) is 0 Å². The smallest absolute Gasteiger partial charge is 0.0893 e. The van der Waals surface area contributed by atoms with Crippen molar-refractivity contribution in [3.63, 3.8) is 0 Å². The normalized spacial score (nSPS) is 10.9. The molecule has 2 nitrogen and oxygen atoms in total. The van der Waals surface area contributed by atoms with Crippen LogP contribution in [0.2, 0.25) is 0 Å². The van der Waals surface area contributed by atoms with Gasteiger partial charge in [-0.25, -0.2) is 9.97 Å². The highest BCUT2D eigenvalue weighted by atomic mass is 14.8. The molecule has 0 amide bonds. The van der Waals surface area contributed by atoms with E-state index in [-0.39, 0.29) is 0 Å². The Morgan fingerprint density at radius 2 is 1.88 bits per heavy atom. The van der Waals surface area contributed by atoms with Crippen LogP contribution in [-0.2, 0) is 6.42 Å². The molecule has 1 aromatic carbocycles. The molecule has 2 rings (SSSR count). The Kier molecular flexibility index (Phi) is 3.18. The lowest BCUT2D eigenvalue weighted by molar-refractivity contribution is 0.769. The lowest BCUT2D eigenvalue weighted by Gasteiger charge is -2.06. The minimum atomic E-state index is 1.00. The fourth-order valence-electron chi connectivity index (χ4n) is 1.87. The third kappa shape index (κ3) is 2.21. The topological polar surface area (TPSA) is 25.8 Å². The summed E-state index contributed by atoms with van der Waals surface area (Å²) in [6.45, 7) is 6.35. The molecule has 0 aliphatic carbocycles. The van der Waals surface area contributed by atoms with E-state index in [0.717, 1.165) is 28.8 Å². The number of benzene rings is 1. The zero-order valence-electron chi connectivity index (χ0n) is 10.2. The van der Waals surface area contributed by atoms with Crippen LogP contribution in [0.25, 0.3) is 11.0 Å². The molecule has 2 heteroatoms. The molecule has 0 N–H and O–H groups in total. The van der Waals surface area contributed by atoms with E-state index in [1.54, 1.807) is 0 Å². The standard InChI is InChI=1S/C14H18N2/c1-4-5-6-12-11(3)15-13-8-7-10(2)9-14(13)16-12/h7-9H,4-6H2,1-3H3. The molecule has 0 bridgehead atoms. The van der Waals surface area contributed by atoms with E-state index in [4.69, 9.17) is 4.98 Å². The summed E-state index contributed by atoms with van der Waals surface area (Å²) in [5, 5.41) is 0. The van der Waals surface area contributed by atoms with E-state index in [1.165, 1.54) is 18.4 Å². The molecule has 0 unspecified atom stereocenters. The van der Waals surface area contributed by atoms with Gasteiger partial charge in [-0.3, -0.25) is 0 Å². The molecule has 0 spiro atoms. The molecule has 1 heterocycles. The second-order valence-corrected chi connectivity index (χ2v) is 4.35. The Labute approximate surface area is 96.7 Å². The minimum absolute atomic E-state index is 1.00. The van der Waals surface area contributed by atoms with Crippen LogP contribution in [0.4, 0.5) is 0 Å². The van der Waals surface area contributed by atoms with Crippen molar-refractivity contribution in [1.29, 1.82) is 0 Å². The molecule has 0 atom stereocenters. The highest BCUT2D eigenvalue weighted by Crippen LogP contribution is 2.15. The molecular weight excluding hydrogens is 196 g/mol. The van der Waals surface area contributed by atoms with Crippen molar-refractivity contribution in [3.8, 4) is 0 Å². The Morgan fingerprint density at radius 1 is 1.06 bits per heavy atom. The van der Waals surface area contributed by atoms with Crippen LogP contribution < -0.4 is 0 Å². The number of rotatable bonds is 3.